The molecule has 1 aliphatic rings. The number of likely N-dealkylation sites (tertiary alicyclic amines) is 1. The summed E-state index contributed by atoms with van der Waals surface area (Å²) in [7, 11) is 0. The van der Waals surface area contributed by atoms with Crippen molar-refractivity contribution in [1.29, 1.82) is 0 Å². The molecule has 0 saturated carbocycles. The van der Waals surface area contributed by atoms with Crippen LogP contribution in [-0.4, -0.2) is 40.4 Å². The molecule has 1 amide bonds. The Kier molecular flexibility index (Phi) is 5.91. The number of amides is 1. The molecular weight excluding hydrogens is 348 g/mol. The number of H-pyrrole nitrogens is 1. The zero-order valence-electron chi connectivity index (χ0n) is 14.6. The molecule has 6 heteroatoms. The summed E-state index contributed by atoms with van der Waals surface area (Å²) in [4.78, 5) is 22.7. The molecule has 1 aromatic heterocycles. The molecule has 2 heterocycles. The van der Waals surface area contributed by atoms with Crippen LogP contribution in [0.5, 0.6) is 0 Å². The summed E-state index contributed by atoms with van der Waals surface area (Å²) >= 11 is 0. The van der Waals surface area contributed by atoms with Gasteiger partial charge in [-0.05, 0) is 50.2 Å². The number of hydrogen-bond donors (Lipinski definition) is 2. The lowest BCUT2D eigenvalue weighted by Gasteiger charge is -2.25. The third-order valence-electron chi connectivity index (χ3n) is 4.66. The number of aromatic amines is 1. The number of anilines is 1. The van der Waals surface area contributed by atoms with Gasteiger partial charge in [-0.25, -0.2) is 4.98 Å². The van der Waals surface area contributed by atoms with E-state index in [1.54, 1.807) is 0 Å². The molecule has 0 spiro atoms. The predicted octanol–water partition coefficient (Wildman–Crippen LogP) is 4.08. The van der Waals surface area contributed by atoms with Crippen LogP contribution in [0.3, 0.4) is 0 Å². The fraction of sp³-hybridized carbons (Fsp3) is 0.300. The molecule has 0 unspecified atom stereocenters. The number of para-hydroxylation sites is 3. The second-order valence-corrected chi connectivity index (χ2v) is 6.53. The van der Waals surface area contributed by atoms with Crippen molar-refractivity contribution in [2.24, 2.45) is 0 Å². The summed E-state index contributed by atoms with van der Waals surface area (Å²) in [6, 6.07) is 15.7. The maximum Gasteiger partial charge on any atom is 0.238 e. The molecule has 4 rings (SSSR count). The number of halogens is 1. The summed E-state index contributed by atoms with van der Waals surface area (Å²) in [5.41, 5.74) is 3.62. The molecule has 3 aromatic rings. The standard InChI is InChI=1S/C20H22N4O.ClH/c25-19(14-24-12-6-1-7-13-24)21-16-9-3-2-8-15(16)20-22-17-10-4-5-11-18(17)23-20;/h2-5,8-11H,1,6-7,12-14H2,(H,21,25)(H,22,23);1H. The van der Waals surface area contributed by atoms with Crippen molar-refractivity contribution in [1.82, 2.24) is 14.9 Å². The van der Waals surface area contributed by atoms with E-state index in [4.69, 9.17) is 0 Å². The lowest BCUT2D eigenvalue weighted by Crippen LogP contribution is -2.36. The first kappa shape index (κ1) is 18.4. The lowest BCUT2D eigenvalue weighted by atomic mass is 10.1. The van der Waals surface area contributed by atoms with Crippen molar-refractivity contribution >= 4 is 35.0 Å². The molecule has 2 N–H and O–H groups in total. The zero-order valence-corrected chi connectivity index (χ0v) is 15.4. The molecule has 26 heavy (non-hydrogen) atoms. The molecule has 5 nitrogen and oxygen atoms in total. The SMILES string of the molecule is Cl.O=C(CN1CCCCC1)Nc1ccccc1-c1nc2ccccc2[nH]1. The van der Waals surface area contributed by atoms with Crippen LogP contribution in [0.2, 0.25) is 0 Å². The largest absolute Gasteiger partial charge is 0.338 e. The number of piperidine rings is 1. The van der Waals surface area contributed by atoms with Crippen LogP contribution in [0, 0.1) is 0 Å². The maximum absolute atomic E-state index is 12.5. The van der Waals surface area contributed by atoms with E-state index in [-0.39, 0.29) is 18.3 Å². The van der Waals surface area contributed by atoms with Gasteiger partial charge in [-0.15, -0.1) is 12.4 Å². The molecule has 2 aromatic carbocycles. The Morgan fingerprint density at radius 3 is 2.58 bits per heavy atom. The van der Waals surface area contributed by atoms with Gasteiger partial charge in [0.05, 0.1) is 23.3 Å². The minimum Gasteiger partial charge on any atom is -0.338 e. The van der Waals surface area contributed by atoms with Crippen LogP contribution < -0.4 is 5.32 Å². The van der Waals surface area contributed by atoms with Crippen LogP contribution in [0.15, 0.2) is 48.5 Å². The summed E-state index contributed by atoms with van der Waals surface area (Å²) in [6.45, 7) is 2.48. The van der Waals surface area contributed by atoms with Gasteiger partial charge in [-0.3, -0.25) is 9.69 Å². The van der Waals surface area contributed by atoms with Crippen LogP contribution in [0.25, 0.3) is 22.4 Å². The van der Waals surface area contributed by atoms with E-state index >= 15 is 0 Å². The third-order valence-corrected chi connectivity index (χ3v) is 4.66. The quantitative estimate of drug-likeness (QED) is 0.727. The molecule has 1 fully saturated rings. The van der Waals surface area contributed by atoms with Crippen molar-refractivity contribution in [2.75, 3.05) is 25.0 Å². The zero-order chi connectivity index (χ0) is 17.1. The molecule has 0 atom stereocenters. The Labute approximate surface area is 159 Å². The summed E-state index contributed by atoms with van der Waals surface area (Å²) < 4.78 is 0. The van der Waals surface area contributed by atoms with E-state index in [0.29, 0.717) is 6.54 Å². The van der Waals surface area contributed by atoms with E-state index in [2.05, 4.69) is 20.2 Å². The highest BCUT2D eigenvalue weighted by Gasteiger charge is 2.16. The minimum absolute atomic E-state index is 0. The van der Waals surface area contributed by atoms with Crippen LogP contribution in [0.4, 0.5) is 5.69 Å². The van der Waals surface area contributed by atoms with Crippen molar-refractivity contribution in [3.8, 4) is 11.4 Å². The monoisotopic (exact) mass is 370 g/mol. The molecule has 0 radical (unpaired) electrons. The van der Waals surface area contributed by atoms with E-state index < -0.39 is 0 Å². The number of carbonyl (C=O) groups is 1. The van der Waals surface area contributed by atoms with Crippen LogP contribution >= 0.6 is 12.4 Å². The second-order valence-electron chi connectivity index (χ2n) is 6.53. The number of imidazole rings is 1. The van der Waals surface area contributed by atoms with Gasteiger partial charge in [0.15, 0.2) is 0 Å². The second kappa shape index (κ2) is 8.34. The molecule has 0 bridgehead atoms. The van der Waals surface area contributed by atoms with Gasteiger partial charge in [0.2, 0.25) is 5.91 Å². The number of nitrogens with zero attached hydrogens (tertiary/aromatic N) is 2. The average Bonchev–Trinajstić information content (AvgIpc) is 3.07. The molecule has 1 saturated heterocycles. The number of rotatable bonds is 4. The first-order chi connectivity index (χ1) is 12.3. The first-order valence-corrected chi connectivity index (χ1v) is 8.86. The molecule has 0 aliphatic carbocycles. The Balaban J connectivity index is 0.00000196. The molecule has 1 aliphatic heterocycles. The van der Waals surface area contributed by atoms with E-state index in [9.17, 15) is 4.79 Å². The van der Waals surface area contributed by atoms with Gasteiger partial charge in [-0.2, -0.15) is 0 Å². The normalized spacial score (nSPS) is 14.8. The van der Waals surface area contributed by atoms with E-state index in [1.807, 2.05) is 48.5 Å². The number of carbonyl (C=O) groups excluding carboxylic acids is 1. The number of nitrogens with one attached hydrogen (secondary N) is 2. The third kappa shape index (κ3) is 4.06. The summed E-state index contributed by atoms with van der Waals surface area (Å²) in [5.74, 6) is 0.806. The average molecular weight is 371 g/mol. The highest BCUT2D eigenvalue weighted by molar-refractivity contribution is 5.96. The Morgan fingerprint density at radius 2 is 1.77 bits per heavy atom. The topological polar surface area (TPSA) is 61.0 Å². The highest BCUT2D eigenvalue weighted by atomic mass is 35.5. The Bertz CT molecular complexity index is 853. The Morgan fingerprint density at radius 1 is 1.04 bits per heavy atom. The summed E-state index contributed by atoms with van der Waals surface area (Å²) in [5, 5.41) is 3.06. The fourth-order valence-electron chi connectivity index (χ4n) is 3.39. The highest BCUT2D eigenvalue weighted by Crippen LogP contribution is 2.27. The van der Waals surface area contributed by atoms with Crippen molar-refractivity contribution in [3.63, 3.8) is 0 Å². The molecular formula is C20H23ClN4O. The Hall–Kier alpha value is -2.37. The van der Waals surface area contributed by atoms with Gasteiger partial charge in [0, 0.05) is 5.56 Å². The number of benzene rings is 2. The first-order valence-electron chi connectivity index (χ1n) is 8.86. The van der Waals surface area contributed by atoms with Crippen molar-refractivity contribution < 1.29 is 4.79 Å². The van der Waals surface area contributed by atoms with Crippen LogP contribution in [0.1, 0.15) is 19.3 Å². The van der Waals surface area contributed by atoms with Crippen molar-refractivity contribution in [3.05, 3.63) is 48.5 Å². The van der Waals surface area contributed by atoms with Gasteiger partial charge < -0.3 is 10.3 Å². The predicted molar refractivity (Wildman–Crippen MR) is 108 cm³/mol. The smallest absolute Gasteiger partial charge is 0.238 e. The fourth-order valence-corrected chi connectivity index (χ4v) is 3.39. The van der Waals surface area contributed by atoms with E-state index in [1.165, 1.54) is 19.3 Å². The molecule has 136 valence electrons. The van der Waals surface area contributed by atoms with Crippen molar-refractivity contribution in [2.45, 2.75) is 19.3 Å². The lowest BCUT2D eigenvalue weighted by molar-refractivity contribution is -0.117. The van der Waals surface area contributed by atoms with Gasteiger partial charge in [-0.1, -0.05) is 30.7 Å². The van der Waals surface area contributed by atoms with Gasteiger partial charge >= 0.3 is 0 Å². The van der Waals surface area contributed by atoms with E-state index in [0.717, 1.165) is 41.2 Å². The number of aromatic nitrogens is 2. The van der Waals surface area contributed by atoms with Crippen LogP contribution in [-0.2, 0) is 4.79 Å². The number of fused-ring (bicyclic) bond motifs is 1. The maximum atomic E-state index is 12.5. The minimum atomic E-state index is 0. The van der Waals surface area contributed by atoms with Gasteiger partial charge in [0.1, 0.15) is 5.82 Å². The summed E-state index contributed by atoms with van der Waals surface area (Å²) in [6.07, 6.45) is 3.64. The van der Waals surface area contributed by atoms with Gasteiger partial charge in [0.25, 0.3) is 0 Å². The number of hydrogen-bond acceptors (Lipinski definition) is 3.